The predicted octanol–water partition coefficient (Wildman–Crippen LogP) is 4.65. The summed E-state index contributed by atoms with van der Waals surface area (Å²) in [5.74, 6) is 0.502. The fourth-order valence-electron chi connectivity index (χ4n) is 1.79. The summed E-state index contributed by atoms with van der Waals surface area (Å²) in [6.07, 6.45) is 0. The van der Waals surface area contributed by atoms with Crippen molar-refractivity contribution >= 4 is 31.9 Å². The van der Waals surface area contributed by atoms with Gasteiger partial charge >= 0.3 is 0 Å². The summed E-state index contributed by atoms with van der Waals surface area (Å²) >= 11 is 7.02. The highest BCUT2D eigenvalue weighted by Gasteiger charge is 2.09. The topological polar surface area (TPSA) is 21.3 Å². The number of ether oxygens (including phenoxy) is 1. The molecule has 0 aliphatic rings. The third kappa shape index (κ3) is 4.04. The molecule has 1 N–H and O–H groups in total. The molecule has 0 fully saturated rings. The van der Waals surface area contributed by atoms with Gasteiger partial charge in [-0.1, -0.05) is 12.1 Å². The lowest BCUT2D eigenvalue weighted by atomic mass is 10.2. The van der Waals surface area contributed by atoms with Gasteiger partial charge in [-0.25, -0.2) is 4.39 Å². The zero-order chi connectivity index (χ0) is 14.5. The minimum atomic E-state index is -0.243. The number of benzene rings is 2. The zero-order valence-electron chi connectivity index (χ0n) is 10.9. The van der Waals surface area contributed by atoms with Crippen molar-refractivity contribution in [3.8, 4) is 5.75 Å². The molecule has 20 heavy (non-hydrogen) atoms. The summed E-state index contributed by atoms with van der Waals surface area (Å²) in [6, 6.07) is 10.3. The molecule has 0 aliphatic heterocycles. The Kier molecular flexibility index (Phi) is 5.57. The van der Waals surface area contributed by atoms with Crippen LogP contribution in [0, 0.1) is 5.82 Å². The molecule has 0 saturated heterocycles. The van der Waals surface area contributed by atoms with E-state index in [-0.39, 0.29) is 5.82 Å². The second-order valence-electron chi connectivity index (χ2n) is 4.33. The predicted molar refractivity (Wildman–Crippen MR) is 85.3 cm³/mol. The van der Waals surface area contributed by atoms with Gasteiger partial charge in [-0.05, 0) is 74.3 Å². The lowest BCUT2D eigenvalue weighted by Crippen LogP contribution is -2.05. The van der Waals surface area contributed by atoms with Crippen molar-refractivity contribution < 1.29 is 9.13 Å². The highest BCUT2D eigenvalue weighted by atomic mass is 79.9. The van der Waals surface area contributed by atoms with Crippen LogP contribution in [0.3, 0.4) is 0 Å². The van der Waals surface area contributed by atoms with Crippen molar-refractivity contribution in [3.63, 3.8) is 0 Å². The van der Waals surface area contributed by atoms with Gasteiger partial charge in [-0.15, -0.1) is 0 Å². The van der Waals surface area contributed by atoms with E-state index >= 15 is 0 Å². The number of halogens is 3. The van der Waals surface area contributed by atoms with Gasteiger partial charge in [0, 0.05) is 6.54 Å². The quantitative estimate of drug-likeness (QED) is 0.785. The summed E-state index contributed by atoms with van der Waals surface area (Å²) < 4.78 is 20.4. The third-order valence-corrected chi connectivity index (χ3v) is 3.91. The van der Waals surface area contributed by atoms with E-state index in [0.717, 1.165) is 32.4 Å². The van der Waals surface area contributed by atoms with Gasteiger partial charge in [0.05, 0.1) is 8.95 Å². The largest absolute Gasteiger partial charge is 0.487 e. The molecule has 2 nitrogen and oxygen atoms in total. The Morgan fingerprint density at radius 2 is 1.65 bits per heavy atom. The Hall–Kier alpha value is -0.910. The van der Waals surface area contributed by atoms with E-state index in [1.54, 1.807) is 12.1 Å². The molecule has 0 saturated carbocycles. The molecule has 0 radical (unpaired) electrons. The van der Waals surface area contributed by atoms with Gasteiger partial charge in [0.25, 0.3) is 0 Å². The molecule has 2 aromatic rings. The van der Waals surface area contributed by atoms with Gasteiger partial charge < -0.3 is 10.1 Å². The summed E-state index contributed by atoms with van der Waals surface area (Å²) in [5.41, 5.74) is 2.07. The van der Waals surface area contributed by atoms with E-state index in [0.29, 0.717) is 6.61 Å². The minimum absolute atomic E-state index is 0.243. The van der Waals surface area contributed by atoms with Crippen molar-refractivity contribution in [2.75, 3.05) is 7.05 Å². The molecule has 0 unspecified atom stereocenters. The highest BCUT2D eigenvalue weighted by molar-refractivity contribution is 9.11. The number of nitrogens with one attached hydrogen (secondary N) is 1. The molecule has 0 aliphatic carbocycles. The Morgan fingerprint density at radius 1 is 1.05 bits per heavy atom. The van der Waals surface area contributed by atoms with Crippen LogP contribution >= 0.6 is 31.9 Å². The Morgan fingerprint density at radius 3 is 2.20 bits per heavy atom. The number of hydrogen-bond acceptors (Lipinski definition) is 2. The first-order valence-electron chi connectivity index (χ1n) is 6.10. The van der Waals surface area contributed by atoms with E-state index in [9.17, 15) is 4.39 Å². The van der Waals surface area contributed by atoms with Gasteiger partial charge in [-0.3, -0.25) is 0 Å². The van der Waals surface area contributed by atoms with Crippen LogP contribution in [0.25, 0.3) is 0 Å². The molecular weight excluding hydrogens is 389 g/mol. The molecule has 0 bridgehead atoms. The van der Waals surface area contributed by atoms with E-state index in [2.05, 4.69) is 37.2 Å². The molecule has 0 aromatic heterocycles. The molecule has 106 valence electrons. The smallest absolute Gasteiger partial charge is 0.148 e. The van der Waals surface area contributed by atoms with E-state index in [1.807, 2.05) is 19.2 Å². The van der Waals surface area contributed by atoms with Gasteiger partial charge in [-0.2, -0.15) is 0 Å². The zero-order valence-corrected chi connectivity index (χ0v) is 14.1. The molecule has 0 amide bonds. The summed E-state index contributed by atoms with van der Waals surface area (Å²) in [6.45, 7) is 1.18. The molecule has 0 heterocycles. The second-order valence-corrected chi connectivity index (χ2v) is 6.04. The molecule has 0 spiro atoms. The van der Waals surface area contributed by atoms with Crippen molar-refractivity contribution in [2.45, 2.75) is 13.2 Å². The van der Waals surface area contributed by atoms with Gasteiger partial charge in [0.15, 0.2) is 0 Å². The van der Waals surface area contributed by atoms with Crippen LogP contribution in [0.2, 0.25) is 0 Å². The Bertz CT molecular complexity index is 564. The highest BCUT2D eigenvalue weighted by Crippen LogP contribution is 2.35. The molecule has 2 rings (SSSR count). The minimum Gasteiger partial charge on any atom is -0.487 e. The average molecular weight is 403 g/mol. The SMILES string of the molecule is CNCc1cc(Br)c(OCc2ccc(F)cc2)c(Br)c1. The van der Waals surface area contributed by atoms with Crippen LogP contribution in [-0.4, -0.2) is 7.05 Å². The van der Waals surface area contributed by atoms with Crippen molar-refractivity contribution in [1.29, 1.82) is 0 Å². The lowest BCUT2D eigenvalue weighted by Gasteiger charge is -2.12. The lowest BCUT2D eigenvalue weighted by molar-refractivity contribution is 0.302. The van der Waals surface area contributed by atoms with Crippen LogP contribution in [0.5, 0.6) is 5.75 Å². The number of hydrogen-bond donors (Lipinski definition) is 1. The first-order valence-corrected chi connectivity index (χ1v) is 7.68. The standard InChI is InChI=1S/C15H14Br2FNO/c1-19-8-11-6-13(16)15(14(17)7-11)20-9-10-2-4-12(18)5-3-10/h2-7,19H,8-9H2,1H3. The number of rotatable bonds is 5. The molecule has 5 heteroatoms. The monoisotopic (exact) mass is 401 g/mol. The van der Waals surface area contributed by atoms with Crippen LogP contribution in [0.4, 0.5) is 4.39 Å². The van der Waals surface area contributed by atoms with Crippen molar-refractivity contribution in [3.05, 3.63) is 62.3 Å². The first-order chi connectivity index (χ1) is 9.60. The van der Waals surface area contributed by atoms with Crippen LogP contribution in [0.15, 0.2) is 45.3 Å². The average Bonchev–Trinajstić information content (AvgIpc) is 2.40. The Labute approximate surface area is 134 Å². The fourth-order valence-corrected chi connectivity index (χ4v) is 3.30. The molecule has 0 atom stereocenters. The maximum absolute atomic E-state index is 12.8. The van der Waals surface area contributed by atoms with Crippen LogP contribution in [0.1, 0.15) is 11.1 Å². The van der Waals surface area contributed by atoms with E-state index in [1.165, 1.54) is 12.1 Å². The first kappa shape index (κ1) is 15.5. The van der Waals surface area contributed by atoms with Crippen molar-refractivity contribution in [1.82, 2.24) is 5.32 Å². The molecule has 2 aromatic carbocycles. The normalized spacial score (nSPS) is 10.6. The van der Waals surface area contributed by atoms with Crippen LogP contribution in [-0.2, 0) is 13.2 Å². The maximum Gasteiger partial charge on any atom is 0.148 e. The maximum atomic E-state index is 12.8. The van der Waals surface area contributed by atoms with Crippen molar-refractivity contribution in [2.24, 2.45) is 0 Å². The summed E-state index contributed by atoms with van der Waals surface area (Å²) in [7, 11) is 1.90. The second kappa shape index (κ2) is 7.20. The summed E-state index contributed by atoms with van der Waals surface area (Å²) in [5, 5.41) is 3.10. The van der Waals surface area contributed by atoms with E-state index in [4.69, 9.17) is 4.74 Å². The fraction of sp³-hybridized carbons (Fsp3) is 0.200. The Balaban J connectivity index is 2.11. The van der Waals surface area contributed by atoms with E-state index < -0.39 is 0 Å². The summed E-state index contributed by atoms with van der Waals surface area (Å²) in [4.78, 5) is 0. The van der Waals surface area contributed by atoms with Crippen LogP contribution < -0.4 is 10.1 Å². The third-order valence-electron chi connectivity index (χ3n) is 2.74. The van der Waals surface area contributed by atoms with Gasteiger partial charge in [0.1, 0.15) is 18.2 Å². The molecular formula is C15H14Br2FNO. The van der Waals surface area contributed by atoms with Gasteiger partial charge in [0.2, 0.25) is 0 Å².